The minimum absolute atomic E-state index is 0.00458. The number of anilines is 1. The second-order valence-corrected chi connectivity index (χ2v) is 3.76. The van der Waals surface area contributed by atoms with Gasteiger partial charge >= 0.3 is 0 Å². The number of hydrogen-bond acceptors (Lipinski definition) is 6. The van der Waals surface area contributed by atoms with Crippen molar-refractivity contribution in [3.63, 3.8) is 0 Å². The van der Waals surface area contributed by atoms with Crippen molar-refractivity contribution in [2.45, 2.75) is 13.0 Å². The summed E-state index contributed by atoms with van der Waals surface area (Å²) in [5.74, 6) is -0.0589. The zero-order valence-electron chi connectivity index (χ0n) is 10.8. The van der Waals surface area contributed by atoms with Gasteiger partial charge in [-0.25, -0.2) is 0 Å². The van der Waals surface area contributed by atoms with E-state index in [-0.39, 0.29) is 22.9 Å². The van der Waals surface area contributed by atoms with Crippen LogP contribution in [0, 0.1) is 10.1 Å². The van der Waals surface area contributed by atoms with Crippen LogP contribution in [0.1, 0.15) is 6.92 Å². The topological polar surface area (TPSA) is 117 Å². The molecule has 1 rings (SSSR count). The third-order valence-electron chi connectivity index (χ3n) is 2.37. The molecule has 0 heterocycles. The van der Waals surface area contributed by atoms with Crippen molar-refractivity contribution in [2.75, 3.05) is 19.5 Å². The minimum Gasteiger partial charge on any atom is -0.493 e. The predicted molar refractivity (Wildman–Crippen MR) is 68.5 cm³/mol. The van der Waals surface area contributed by atoms with Gasteiger partial charge in [-0.3, -0.25) is 14.9 Å². The third-order valence-corrected chi connectivity index (χ3v) is 2.37. The molecule has 104 valence electrons. The lowest BCUT2D eigenvalue weighted by Gasteiger charge is -2.12. The summed E-state index contributed by atoms with van der Waals surface area (Å²) in [7, 11) is 2.75. The molecule has 8 nitrogen and oxygen atoms in total. The van der Waals surface area contributed by atoms with E-state index in [0.717, 1.165) is 0 Å². The van der Waals surface area contributed by atoms with Gasteiger partial charge in [-0.15, -0.1) is 0 Å². The Morgan fingerprint density at radius 1 is 1.37 bits per heavy atom. The van der Waals surface area contributed by atoms with Crippen LogP contribution >= 0.6 is 0 Å². The fraction of sp³-hybridized carbons (Fsp3) is 0.364. The van der Waals surface area contributed by atoms with Crippen LogP contribution in [0.4, 0.5) is 11.4 Å². The molecule has 0 spiro atoms. The maximum atomic E-state index is 11.5. The Morgan fingerprint density at radius 3 is 2.32 bits per heavy atom. The number of methoxy groups -OCH3 is 2. The van der Waals surface area contributed by atoms with Gasteiger partial charge in [-0.2, -0.15) is 0 Å². The van der Waals surface area contributed by atoms with Crippen LogP contribution in [0.3, 0.4) is 0 Å². The minimum atomic E-state index is -0.785. The first-order chi connectivity index (χ1) is 8.90. The van der Waals surface area contributed by atoms with Gasteiger partial charge in [-0.05, 0) is 6.92 Å². The largest absolute Gasteiger partial charge is 0.493 e. The zero-order valence-corrected chi connectivity index (χ0v) is 10.8. The van der Waals surface area contributed by atoms with Crippen LogP contribution < -0.4 is 20.5 Å². The Balaban J connectivity index is 3.27. The first-order valence-corrected chi connectivity index (χ1v) is 5.37. The highest BCUT2D eigenvalue weighted by molar-refractivity contribution is 5.96. The van der Waals surface area contributed by atoms with Crippen molar-refractivity contribution in [2.24, 2.45) is 5.73 Å². The van der Waals surface area contributed by atoms with E-state index in [1.165, 1.54) is 33.3 Å². The first-order valence-electron chi connectivity index (χ1n) is 5.37. The molecule has 0 aliphatic rings. The molecule has 19 heavy (non-hydrogen) atoms. The Bertz CT molecular complexity index is 501. The number of hydrogen-bond donors (Lipinski definition) is 2. The molecule has 1 aromatic carbocycles. The highest BCUT2D eigenvalue weighted by atomic mass is 16.6. The number of nitrogens with two attached hydrogens (primary N) is 1. The number of nitro groups is 1. The van der Waals surface area contributed by atoms with Gasteiger partial charge in [0.15, 0.2) is 11.5 Å². The average Bonchev–Trinajstić information content (AvgIpc) is 2.37. The number of nitrogens with one attached hydrogen (secondary N) is 1. The number of benzene rings is 1. The van der Waals surface area contributed by atoms with Gasteiger partial charge < -0.3 is 20.5 Å². The Morgan fingerprint density at radius 2 is 1.89 bits per heavy atom. The zero-order chi connectivity index (χ0) is 14.6. The van der Waals surface area contributed by atoms with Crippen LogP contribution in [-0.4, -0.2) is 31.1 Å². The SMILES string of the molecule is COc1cc(NC(=O)C(C)N)c([N+](=O)[O-])cc1OC. The summed E-state index contributed by atoms with van der Waals surface area (Å²) in [6, 6.07) is 1.71. The lowest BCUT2D eigenvalue weighted by Crippen LogP contribution is -2.32. The van der Waals surface area contributed by atoms with E-state index in [1.54, 1.807) is 0 Å². The number of amides is 1. The number of nitro benzene ring substituents is 1. The molecular formula is C11H15N3O5. The maximum absolute atomic E-state index is 11.5. The van der Waals surface area contributed by atoms with Gasteiger partial charge in [-0.1, -0.05) is 0 Å². The summed E-state index contributed by atoms with van der Waals surface area (Å²) < 4.78 is 9.99. The second kappa shape index (κ2) is 6.01. The van der Waals surface area contributed by atoms with E-state index < -0.39 is 16.9 Å². The van der Waals surface area contributed by atoms with Crippen LogP contribution in [0.2, 0.25) is 0 Å². The van der Waals surface area contributed by atoms with Crippen molar-refractivity contribution in [1.82, 2.24) is 0 Å². The van der Waals surface area contributed by atoms with E-state index in [2.05, 4.69) is 5.32 Å². The van der Waals surface area contributed by atoms with E-state index in [1.807, 2.05) is 0 Å². The number of carbonyl (C=O) groups is 1. The van der Waals surface area contributed by atoms with Crippen molar-refractivity contribution < 1.29 is 19.2 Å². The lowest BCUT2D eigenvalue weighted by atomic mass is 10.2. The summed E-state index contributed by atoms with van der Waals surface area (Å²) in [5, 5.41) is 13.3. The van der Waals surface area contributed by atoms with Crippen molar-refractivity contribution in [3.05, 3.63) is 22.2 Å². The van der Waals surface area contributed by atoms with E-state index in [0.29, 0.717) is 0 Å². The molecule has 0 bridgehead atoms. The smallest absolute Gasteiger partial charge is 0.296 e. The molecular weight excluding hydrogens is 254 g/mol. The number of carbonyl (C=O) groups excluding carboxylic acids is 1. The highest BCUT2D eigenvalue weighted by Crippen LogP contribution is 2.37. The van der Waals surface area contributed by atoms with Crippen molar-refractivity contribution >= 4 is 17.3 Å². The Labute approximate surface area is 109 Å². The van der Waals surface area contributed by atoms with Gasteiger partial charge in [0.1, 0.15) is 5.69 Å². The van der Waals surface area contributed by atoms with Crippen LogP contribution in [-0.2, 0) is 4.79 Å². The maximum Gasteiger partial charge on any atom is 0.296 e. The van der Waals surface area contributed by atoms with Crippen LogP contribution in [0.15, 0.2) is 12.1 Å². The molecule has 0 saturated heterocycles. The standard InChI is InChI=1S/C11H15N3O5/c1-6(12)11(15)13-7-4-9(18-2)10(19-3)5-8(7)14(16)17/h4-6H,12H2,1-3H3,(H,13,15). The van der Waals surface area contributed by atoms with E-state index in [9.17, 15) is 14.9 Å². The average molecular weight is 269 g/mol. The molecule has 1 atom stereocenters. The number of ether oxygens (including phenoxy) is 2. The van der Waals surface area contributed by atoms with Crippen LogP contribution in [0.5, 0.6) is 11.5 Å². The number of rotatable bonds is 5. The van der Waals surface area contributed by atoms with Crippen molar-refractivity contribution in [3.8, 4) is 11.5 Å². The molecule has 1 amide bonds. The Kier molecular flexibility index (Phi) is 4.65. The lowest BCUT2D eigenvalue weighted by molar-refractivity contribution is -0.384. The highest BCUT2D eigenvalue weighted by Gasteiger charge is 2.21. The Hall–Kier alpha value is -2.35. The monoisotopic (exact) mass is 269 g/mol. The van der Waals surface area contributed by atoms with Gasteiger partial charge in [0.2, 0.25) is 5.91 Å². The second-order valence-electron chi connectivity index (χ2n) is 3.76. The molecule has 0 aliphatic carbocycles. The first kappa shape index (κ1) is 14.7. The molecule has 0 aliphatic heterocycles. The molecule has 0 radical (unpaired) electrons. The van der Waals surface area contributed by atoms with Crippen LogP contribution in [0.25, 0.3) is 0 Å². The summed E-state index contributed by atoms with van der Waals surface area (Å²) in [6.45, 7) is 1.47. The summed E-state index contributed by atoms with van der Waals surface area (Å²) in [4.78, 5) is 21.9. The normalized spacial score (nSPS) is 11.6. The third kappa shape index (κ3) is 3.32. The van der Waals surface area contributed by atoms with Gasteiger partial charge in [0, 0.05) is 6.07 Å². The van der Waals surface area contributed by atoms with E-state index in [4.69, 9.17) is 15.2 Å². The van der Waals surface area contributed by atoms with Crippen molar-refractivity contribution in [1.29, 1.82) is 0 Å². The van der Waals surface area contributed by atoms with Gasteiger partial charge in [0.25, 0.3) is 5.69 Å². The fourth-order valence-electron chi connectivity index (χ4n) is 1.37. The summed E-state index contributed by atoms with van der Waals surface area (Å²) in [6.07, 6.45) is 0. The number of nitrogens with zero attached hydrogens (tertiary/aromatic N) is 1. The molecule has 8 heteroatoms. The predicted octanol–water partition coefficient (Wildman–Crippen LogP) is 0.898. The molecule has 1 unspecified atom stereocenters. The summed E-state index contributed by atoms with van der Waals surface area (Å²) in [5.41, 5.74) is 5.10. The summed E-state index contributed by atoms with van der Waals surface area (Å²) >= 11 is 0. The molecule has 0 aromatic heterocycles. The van der Waals surface area contributed by atoms with E-state index >= 15 is 0 Å². The quantitative estimate of drug-likeness (QED) is 0.605. The van der Waals surface area contributed by atoms with Gasteiger partial charge in [0.05, 0.1) is 31.3 Å². The molecule has 0 saturated carbocycles. The molecule has 0 fully saturated rings. The molecule has 3 N–H and O–H groups in total. The fourth-order valence-corrected chi connectivity index (χ4v) is 1.37. The molecule has 1 aromatic rings.